The van der Waals surface area contributed by atoms with Crippen molar-refractivity contribution in [3.63, 3.8) is 0 Å². The fraction of sp³-hybridized carbons (Fsp3) is 0.250. The van der Waals surface area contributed by atoms with Crippen molar-refractivity contribution in [2.45, 2.75) is 32.1 Å². The molecule has 1 amide bonds. The molecule has 1 aromatic heterocycles. The number of esters is 1. The molecular weight excluding hydrogens is 398 g/mol. The lowest BCUT2D eigenvalue weighted by Crippen LogP contribution is -2.14. The van der Waals surface area contributed by atoms with Gasteiger partial charge in [0.05, 0.1) is 12.7 Å². The number of para-hydroxylation sites is 1. The number of carbonyl (C=O) groups is 2. The van der Waals surface area contributed by atoms with Crippen LogP contribution < -0.4 is 10.1 Å². The van der Waals surface area contributed by atoms with Gasteiger partial charge in [0.1, 0.15) is 16.5 Å². The van der Waals surface area contributed by atoms with E-state index in [2.05, 4.69) is 5.32 Å². The second-order valence-corrected chi connectivity index (χ2v) is 8.26. The highest BCUT2D eigenvalue weighted by atomic mass is 32.1. The Morgan fingerprint density at radius 3 is 2.33 bits per heavy atom. The van der Waals surface area contributed by atoms with Crippen LogP contribution in [0.5, 0.6) is 11.5 Å². The van der Waals surface area contributed by atoms with Crippen molar-refractivity contribution in [1.29, 1.82) is 0 Å². The maximum absolute atomic E-state index is 12.8. The molecule has 1 aliphatic carbocycles. The van der Waals surface area contributed by atoms with Crippen molar-refractivity contribution in [3.05, 3.63) is 76.2 Å². The summed E-state index contributed by atoms with van der Waals surface area (Å²) >= 11 is 1.49. The number of anilines is 1. The zero-order chi connectivity index (χ0) is 20.9. The fourth-order valence-corrected chi connectivity index (χ4v) is 4.90. The van der Waals surface area contributed by atoms with Gasteiger partial charge in [0.2, 0.25) is 0 Å². The van der Waals surface area contributed by atoms with E-state index in [1.54, 1.807) is 24.3 Å². The molecule has 0 atom stereocenters. The number of thiophene rings is 1. The van der Waals surface area contributed by atoms with Crippen molar-refractivity contribution < 1.29 is 19.1 Å². The molecule has 0 saturated heterocycles. The molecule has 1 aliphatic rings. The zero-order valence-corrected chi connectivity index (χ0v) is 17.6. The van der Waals surface area contributed by atoms with Gasteiger partial charge >= 0.3 is 5.97 Å². The average molecular weight is 422 g/mol. The highest BCUT2D eigenvalue weighted by molar-refractivity contribution is 7.17. The monoisotopic (exact) mass is 421 g/mol. The predicted molar refractivity (Wildman–Crippen MR) is 118 cm³/mol. The van der Waals surface area contributed by atoms with Gasteiger partial charge in [0.15, 0.2) is 0 Å². The van der Waals surface area contributed by atoms with Crippen LogP contribution in [0.25, 0.3) is 0 Å². The number of aryl methyl sites for hydroxylation is 1. The Labute approximate surface area is 179 Å². The Bertz CT molecular complexity index is 1040. The first kappa shape index (κ1) is 20.2. The largest absolute Gasteiger partial charge is 0.465 e. The number of hydrogen-bond donors (Lipinski definition) is 1. The molecule has 4 rings (SSSR count). The molecule has 0 radical (unpaired) electrons. The minimum absolute atomic E-state index is 0.261. The molecule has 0 bridgehead atoms. The molecule has 30 heavy (non-hydrogen) atoms. The minimum atomic E-state index is -0.392. The maximum Gasteiger partial charge on any atom is 0.341 e. The number of carbonyl (C=O) groups excluding carboxylic acids is 2. The van der Waals surface area contributed by atoms with Gasteiger partial charge in [-0.15, -0.1) is 11.3 Å². The first-order chi connectivity index (χ1) is 14.7. The van der Waals surface area contributed by atoms with E-state index in [1.807, 2.05) is 30.3 Å². The van der Waals surface area contributed by atoms with Gasteiger partial charge in [-0.05, 0) is 67.6 Å². The first-order valence-electron chi connectivity index (χ1n) is 10.0. The number of fused-ring (bicyclic) bond motifs is 1. The lowest BCUT2D eigenvalue weighted by atomic mass is 10.1. The van der Waals surface area contributed by atoms with Crippen LogP contribution in [0.3, 0.4) is 0 Å². The number of ether oxygens (including phenoxy) is 2. The summed E-state index contributed by atoms with van der Waals surface area (Å²) in [4.78, 5) is 26.4. The van der Waals surface area contributed by atoms with Gasteiger partial charge in [-0.25, -0.2) is 4.79 Å². The number of rotatable bonds is 5. The van der Waals surface area contributed by atoms with Crippen LogP contribution in [0.4, 0.5) is 5.00 Å². The second-order valence-electron chi connectivity index (χ2n) is 7.15. The Balaban J connectivity index is 1.53. The summed E-state index contributed by atoms with van der Waals surface area (Å²) in [5.74, 6) is 0.729. The summed E-state index contributed by atoms with van der Waals surface area (Å²) in [6.45, 7) is 0. The summed E-state index contributed by atoms with van der Waals surface area (Å²) in [6, 6.07) is 16.4. The first-order valence-corrected chi connectivity index (χ1v) is 10.8. The highest BCUT2D eigenvalue weighted by Crippen LogP contribution is 2.38. The fourth-order valence-electron chi connectivity index (χ4n) is 3.62. The van der Waals surface area contributed by atoms with E-state index >= 15 is 0 Å². The average Bonchev–Trinajstić information content (AvgIpc) is 2.94. The molecule has 1 heterocycles. The van der Waals surface area contributed by atoms with Crippen LogP contribution in [0.1, 0.15) is 50.4 Å². The lowest BCUT2D eigenvalue weighted by molar-refractivity contribution is 0.0601. The zero-order valence-electron chi connectivity index (χ0n) is 16.8. The third-order valence-corrected chi connectivity index (χ3v) is 6.34. The SMILES string of the molecule is COC(=O)c1c(NC(=O)c2ccc(Oc3ccccc3)cc2)sc2c1CCCCC2. The quantitative estimate of drug-likeness (QED) is 0.415. The molecular formula is C24H23NO4S. The smallest absolute Gasteiger partial charge is 0.341 e. The standard InChI is InChI=1S/C24H23NO4S/c1-28-24(27)21-19-10-6-3-7-11-20(19)30-23(21)25-22(26)16-12-14-18(15-13-16)29-17-8-4-2-5-9-17/h2,4-5,8-9,12-15H,3,6-7,10-11H2,1H3,(H,25,26). The molecule has 0 spiro atoms. The number of nitrogens with one attached hydrogen (secondary N) is 1. The number of amides is 1. The summed E-state index contributed by atoms with van der Waals surface area (Å²) in [7, 11) is 1.38. The molecule has 1 N–H and O–H groups in total. The van der Waals surface area contributed by atoms with E-state index in [1.165, 1.54) is 23.3 Å². The molecule has 0 fully saturated rings. The molecule has 0 unspecified atom stereocenters. The molecule has 5 nitrogen and oxygen atoms in total. The van der Waals surface area contributed by atoms with E-state index in [4.69, 9.17) is 9.47 Å². The Morgan fingerprint density at radius 1 is 0.900 bits per heavy atom. The molecule has 2 aromatic carbocycles. The van der Waals surface area contributed by atoms with Crippen LogP contribution in [0, 0.1) is 0 Å². The van der Waals surface area contributed by atoms with Gasteiger partial charge in [-0.3, -0.25) is 4.79 Å². The van der Waals surface area contributed by atoms with E-state index < -0.39 is 5.97 Å². The Morgan fingerprint density at radius 2 is 1.60 bits per heavy atom. The van der Waals surface area contributed by atoms with Crippen LogP contribution in [-0.4, -0.2) is 19.0 Å². The van der Waals surface area contributed by atoms with Gasteiger partial charge in [0, 0.05) is 10.4 Å². The van der Waals surface area contributed by atoms with Crippen LogP contribution in [0.15, 0.2) is 54.6 Å². The third kappa shape index (κ3) is 4.39. The topological polar surface area (TPSA) is 64.6 Å². The van der Waals surface area contributed by atoms with Gasteiger partial charge in [-0.2, -0.15) is 0 Å². The molecule has 154 valence electrons. The van der Waals surface area contributed by atoms with E-state index in [9.17, 15) is 9.59 Å². The summed E-state index contributed by atoms with van der Waals surface area (Å²) in [5, 5.41) is 3.50. The third-order valence-electron chi connectivity index (χ3n) is 5.13. The molecule has 0 aliphatic heterocycles. The van der Waals surface area contributed by atoms with Gasteiger partial charge in [0.25, 0.3) is 5.91 Å². The molecule has 6 heteroatoms. The summed E-state index contributed by atoms with van der Waals surface area (Å²) < 4.78 is 10.8. The Hall–Kier alpha value is -3.12. The van der Waals surface area contributed by atoms with E-state index in [0.29, 0.717) is 21.9 Å². The summed E-state index contributed by atoms with van der Waals surface area (Å²) in [6.07, 6.45) is 5.08. The van der Waals surface area contributed by atoms with Crippen molar-refractivity contribution in [2.24, 2.45) is 0 Å². The molecule has 3 aromatic rings. The highest BCUT2D eigenvalue weighted by Gasteiger charge is 2.26. The number of hydrogen-bond acceptors (Lipinski definition) is 5. The number of benzene rings is 2. The lowest BCUT2D eigenvalue weighted by Gasteiger charge is -2.09. The molecule has 0 saturated carbocycles. The van der Waals surface area contributed by atoms with Crippen LogP contribution >= 0.6 is 11.3 Å². The van der Waals surface area contributed by atoms with Crippen LogP contribution in [-0.2, 0) is 17.6 Å². The summed E-state index contributed by atoms with van der Waals surface area (Å²) in [5.41, 5.74) is 2.04. The van der Waals surface area contributed by atoms with Crippen molar-refractivity contribution in [3.8, 4) is 11.5 Å². The van der Waals surface area contributed by atoms with Crippen molar-refractivity contribution in [2.75, 3.05) is 12.4 Å². The van der Waals surface area contributed by atoms with Gasteiger partial charge < -0.3 is 14.8 Å². The van der Waals surface area contributed by atoms with Crippen molar-refractivity contribution in [1.82, 2.24) is 0 Å². The minimum Gasteiger partial charge on any atom is -0.465 e. The number of methoxy groups -OCH3 is 1. The predicted octanol–water partition coefficient (Wildman–Crippen LogP) is 5.85. The maximum atomic E-state index is 12.8. The van der Waals surface area contributed by atoms with E-state index in [0.717, 1.165) is 43.4 Å². The van der Waals surface area contributed by atoms with Gasteiger partial charge in [-0.1, -0.05) is 24.6 Å². The Kier molecular flexibility index (Phi) is 6.14. The normalized spacial score (nSPS) is 13.1. The van der Waals surface area contributed by atoms with Crippen LogP contribution in [0.2, 0.25) is 0 Å². The van der Waals surface area contributed by atoms with Crippen molar-refractivity contribution >= 4 is 28.2 Å². The van der Waals surface area contributed by atoms with E-state index in [-0.39, 0.29) is 5.91 Å². The second kappa shape index (κ2) is 9.13.